The standard InChI is InChI=1S/C15H18O5.C13H22O2/c1-9-4-6-11(7-5-9)15(10(2)17,14(18)19-3)13-12(8-16)20-13;1-6-11(3)9-8-10-13(5,7-2)15-12(4)14/h4-7,12-13,16H,8H2,1-3H3;7,9H,2,6,8,10H2,1,3-5H3/b;11-9+. The number of aliphatic hydroxyl groups is 1. The molecule has 2 rings (SSSR count). The average Bonchev–Trinajstić information content (AvgIpc) is 3.60. The molecule has 194 valence electrons. The van der Waals surface area contributed by atoms with Crippen LogP contribution in [-0.4, -0.2) is 54.4 Å². The van der Waals surface area contributed by atoms with Gasteiger partial charge in [-0.05, 0) is 58.6 Å². The number of rotatable bonds is 11. The van der Waals surface area contributed by atoms with E-state index in [4.69, 9.17) is 14.2 Å². The first-order valence-corrected chi connectivity index (χ1v) is 11.8. The van der Waals surface area contributed by atoms with Crippen LogP contribution in [0.2, 0.25) is 0 Å². The van der Waals surface area contributed by atoms with E-state index in [1.54, 1.807) is 18.2 Å². The molecular formula is C28H40O7. The Bertz CT molecular complexity index is 918. The molecule has 0 radical (unpaired) electrons. The highest BCUT2D eigenvalue weighted by Gasteiger charge is 2.63. The fraction of sp³-hybridized carbons (Fsp3) is 0.536. The number of benzene rings is 1. The van der Waals surface area contributed by atoms with Gasteiger partial charge in [-0.25, -0.2) is 0 Å². The summed E-state index contributed by atoms with van der Waals surface area (Å²) < 4.78 is 15.4. The van der Waals surface area contributed by atoms with E-state index >= 15 is 0 Å². The van der Waals surface area contributed by atoms with E-state index in [0.717, 1.165) is 24.8 Å². The summed E-state index contributed by atoms with van der Waals surface area (Å²) in [4.78, 5) is 35.4. The van der Waals surface area contributed by atoms with E-state index in [0.29, 0.717) is 5.56 Å². The third-order valence-corrected chi connectivity index (χ3v) is 6.26. The Morgan fingerprint density at radius 1 is 1.17 bits per heavy atom. The lowest BCUT2D eigenvalue weighted by atomic mass is 9.73. The number of epoxide rings is 1. The maximum Gasteiger partial charge on any atom is 0.326 e. The molecule has 0 aromatic heterocycles. The Hall–Kier alpha value is -2.77. The third-order valence-electron chi connectivity index (χ3n) is 6.26. The normalized spacial score (nSPS) is 20.3. The summed E-state index contributed by atoms with van der Waals surface area (Å²) in [6, 6.07) is 7.10. The van der Waals surface area contributed by atoms with Crippen molar-refractivity contribution in [3.05, 3.63) is 59.7 Å². The van der Waals surface area contributed by atoms with Crippen LogP contribution in [0.3, 0.4) is 0 Å². The lowest BCUT2D eigenvalue weighted by Gasteiger charge is -2.27. The van der Waals surface area contributed by atoms with Gasteiger partial charge in [0.25, 0.3) is 0 Å². The van der Waals surface area contributed by atoms with Gasteiger partial charge in [-0.2, -0.15) is 0 Å². The van der Waals surface area contributed by atoms with Crippen LogP contribution in [0.1, 0.15) is 65.0 Å². The lowest BCUT2D eigenvalue weighted by molar-refractivity contribution is -0.153. The Morgan fingerprint density at radius 2 is 1.77 bits per heavy atom. The third kappa shape index (κ3) is 7.87. The zero-order chi connectivity index (χ0) is 26.8. The Labute approximate surface area is 209 Å². The number of aryl methyl sites for hydroxylation is 1. The van der Waals surface area contributed by atoms with E-state index in [2.05, 4.69) is 26.5 Å². The zero-order valence-electron chi connectivity index (χ0n) is 22.1. The number of ether oxygens (including phenoxy) is 3. The maximum atomic E-state index is 12.3. The van der Waals surface area contributed by atoms with Crippen LogP contribution in [-0.2, 0) is 34.0 Å². The minimum atomic E-state index is -1.50. The number of carbonyl (C=O) groups is 3. The second kappa shape index (κ2) is 13.4. The van der Waals surface area contributed by atoms with E-state index in [1.807, 2.05) is 26.0 Å². The van der Waals surface area contributed by atoms with Crippen molar-refractivity contribution in [3.8, 4) is 0 Å². The number of aliphatic hydroxyl groups excluding tert-OH is 1. The number of methoxy groups -OCH3 is 1. The molecule has 0 amide bonds. The van der Waals surface area contributed by atoms with Crippen LogP contribution in [0.15, 0.2) is 48.6 Å². The van der Waals surface area contributed by atoms with Gasteiger partial charge in [-0.3, -0.25) is 14.4 Å². The average molecular weight is 489 g/mol. The molecule has 1 heterocycles. The summed E-state index contributed by atoms with van der Waals surface area (Å²) in [5, 5.41) is 9.18. The second-order valence-corrected chi connectivity index (χ2v) is 9.05. The number of esters is 2. The monoisotopic (exact) mass is 488 g/mol. The van der Waals surface area contributed by atoms with Crippen molar-refractivity contribution < 1.29 is 33.7 Å². The van der Waals surface area contributed by atoms with Crippen molar-refractivity contribution in [2.24, 2.45) is 0 Å². The molecule has 1 N–H and O–H groups in total. The Kier molecular flexibility index (Phi) is 11.5. The smallest absolute Gasteiger partial charge is 0.326 e. The highest BCUT2D eigenvalue weighted by molar-refractivity contribution is 6.10. The topological polar surface area (TPSA) is 102 Å². The van der Waals surface area contributed by atoms with Gasteiger partial charge in [0.05, 0.1) is 13.7 Å². The number of Topliss-reactive ketones (excluding diaryl/α,β-unsaturated/α-hetero) is 1. The molecule has 7 heteroatoms. The molecule has 1 aromatic carbocycles. The van der Waals surface area contributed by atoms with Gasteiger partial charge >= 0.3 is 11.9 Å². The number of carbonyl (C=O) groups excluding carboxylic acids is 3. The van der Waals surface area contributed by atoms with E-state index in [1.165, 1.54) is 26.5 Å². The summed E-state index contributed by atoms with van der Waals surface area (Å²) >= 11 is 0. The van der Waals surface area contributed by atoms with E-state index in [-0.39, 0.29) is 18.4 Å². The van der Waals surface area contributed by atoms with Crippen molar-refractivity contribution in [3.63, 3.8) is 0 Å². The molecular weight excluding hydrogens is 448 g/mol. The molecule has 1 aliphatic heterocycles. The highest BCUT2D eigenvalue weighted by Crippen LogP contribution is 2.43. The summed E-state index contributed by atoms with van der Waals surface area (Å²) in [6.07, 6.45) is 5.45. The SMILES string of the molecule is C=CC(C)(CC/C=C(\C)CC)OC(C)=O.COC(=O)C(C(C)=O)(c1ccc(C)cc1)C1OC1CO. The molecule has 35 heavy (non-hydrogen) atoms. The van der Waals surface area contributed by atoms with Crippen LogP contribution in [0, 0.1) is 6.92 Å². The summed E-state index contributed by atoms with van der Waals surface area (Å²) in [6.45, 7) is 14.3. The van der Waals surface area contributed by atoms with Gasteiger partial charge in [-0.1, -0.05) is 55.0 Å². The van der Waals surface area contributed by atoms with E-state index < -0.39 is 29.2 Å². The van der Waals surface area contributed by atoms with Crippen molar-refractivity contribution >= 4 is 17.7 Å². The van der Waals surface area contributed by atoms with Crippen LogP contribution in [0.25, 0.3) is 0 Å². The Balaban J connectivity index is 0.000000367. The van der Waals surface area contributed by atoms with Crippen LogP contribution in [0.5, 0.6) is 0 Å². The summed E-state index contributed by atoms with van der Waals surface area (Å²) in [5.74, 6) is -1.27. The predicted octanol–water partition coefficient (Wildman–Crippen LogP) is 4.39. The Morgan fingerprint density at radius 3 is 2.17 bits per heavy atom. The fourth-order valence-corrected chi connectivity index (χ4v) is 3.86. The number of hydrogen-bond acceptors (Lipinski definition) is 7. The quantitative estimate of drug-likeness (QED) is 0.213. The van der Waals surface area contributed by atoms with Gasteiger partial charge in [-0.15, -0.1) is 0 Å². The second-order valence-electron chi connectivity index (χ2n) is 9.05. The van der Waals surface area contributed by atoms with Crippen LogP contribution < -0.4 is 0 Å². The number of ketones is 1. The molecule has 0 spiro atoms. The molecule has 7 nitrogen and oxygen atoms in total. The predicted molar refractivity (Wildman–Crippen MR) is 135 cm³/mol. The lowest BCUT2D eigenvalue weighted by Crippen LogP contribution is -2.49. The van der Waals surface area contributed by atoms with Crippen molar-refractivity contribution in [2.45, 2.75) is 84.0 Å². The highest BCUT2D eigenvalue weighted by atomic mass is 16.6. The molecule has 0 bridgehead atoms. The molecule has 1 aromatic rings. The van der Waals surface area contributed by atoms with Gasteiger partial charge in [0, 0.05) is 6.92 Å². The first-order valence-electron chi connectivity index (χ1n) is 11.8. The molecule has 1 aliphatic rings. The van der Waals surface area contributed by atoms with Crippen molar-refractivity contribution in [2.75, 3.05) is 13.7 Å². The molecule has 0 aliphatic carbocycles. The van der Waals surface area contributed by atoms with Crippen molar-refractivity contribution in [1.29, 1.82) is 0 Å². The van der Waals surface area contributed by atoms with Gasteiger partial charge in [0.1, 0.15) is 17.8 Å². The van der Waals surface area contributed by atoms with Gasteiger partial charge in [0.2, 0.25) is 0 Å². The summed E-state index contributed by atoms with van der Waals surface area (Å²) in [5.41, 5.74) is 0.880. The van der Waals surface area contributed by atoms with Gasteiger partial charge in [0.15, 0.2) is 11.2 Å². The van der Waals surface area contributed by atoms with E-state index in [9.17, 15) is 19.5 Å². The van der Waals surface area contributed by atoms with Crippen LogP contribution in [0.4, 0.5) is 0 Å². The zero-order valence-corrected chi connectivity index (χ0v) is 22.1. The van der Waals surface area contributed by atoms with Crippen LogP contribution >= 0.6 is 0 Å². The summed E-state index contributed by atoms with van der Waals surface area (Å²) in [7, 11) is 1.24. The first-order chi connectivity index (χ1) is 16.4. The fourth-order valence-electron chi connectivity index (χ4n) is 3.86. The maximum absolute atomic E-state index is 12.3. The molecule has 4 unspecified atom stereocenters. The molecule has 1 fully saturated rings. The first kappa shape index (κ1) is 30.3. The molecule has 0 saturated carbocycles. The minimum Gasteiger partial charge on any atom is -0.468 e. The minimum absolute atomic E-state index is 0.234. The molecule has 4 atom stereocenters. The largest absolute Gasteiger partial charge is 0.468 e. The van der Waals surface area contributed by atoms with Gasteiger partial charge < -0.3 is 19.3 Å². The van der Waals surface area contributed by atoms with Crippen molar-refractivity contribution in [1.82, 2.24) is 0 Å². The molecule has 1 saturated heterocycles. The number of allylic oxidation sites excluding steroid dienone is 2. The number of hydrogen-bond donors (Lipinski definition) is 1.